The smallest absolute Gasteiger partial charge is 0.310 e. The number of nitrogens with one attached hydrogen (secondary N) is 1. The molecule has 7 heteroatoms. The predicted molar refractivity (Wildman–Crippen MR) is 100 cm³/mol. The maximum absolute atomic E-state index is 12.1. The molecule has 0 radical (unpaired) electrons. The minimum absolute atomic E-state index is 0.0828. The van der Waals surface area contributed by atoms with Gasteiger partial charge in [-0.1, -0.05) is 12.1 Å². The number of hydrogen-bond donors (Lipinski definition) is 1. The van der Waals surface area contributed by atoms with Crippen molar-refractivity contribution in [2.45, 2.75) is 45.4 Å². The van der Waals surface area contributed by atoms with E-state index in [0.29, 0.717) is 0 Å². The average Bonchev–Trinajstić information content (AvgIpc) is 2.63. The Balaban J connectivity index is 1.36. The topological polar surface area (TPSA) is 93.8 Å². The number of hydrazone groups is 1. The maximum atomic E-state index is 12.1. The van der Waals surface area contributed by atoms with Gasteiger partial charge < -0.3 is 4.74 Å². The second kappa shape index (κ2) is 6.94. The van der Waals surface area contributed by atoms with Gasteiger partial charge in [-0.3, -0.25) is 14.9 Å². The lowest BCUT2D eigenvalue weighted by Crippen LogP contribution is -2.49. The lowest BCUT2D eigenvalue weighted by molar-refractivity contribution is -0.385. The predicted octanol–water partition coefficient (Wildman–Crippen LogP) is 3.68. The highest BCUT2D eigenvalue weighted by Crippen LogP contribution is 2.60. The van der Waals surface area contributed by atoms with Gasteiger partial charge in [-0.25, -0.2) is 5.43 Å². The summed E-state index contributed by atoms with van der Waals surface area (Å²) < 4.78 is 5.32. The minimum Gasteiger partial charge on any atom is -0.477 e. The zero-order chi connectivity index (χ0) is 19.0. The van der Waals surface area contributed by atoms with Crippen LogP contribution in [0, 0.1) is 33.3 Å². The van der Waals surface area contributed by atoms with Crippen LogP contribution < -0.4 is 10.2 Å². The molecule has 1 N–H and O–H groups in total. The van der Waals surface area contributed by atoms with E-state index in [1.807, 2.05) is 6.92 Å². The number of para-hydroxylation sites is 2. The van der Waals surface area contributed by atoms with Gasteiger partial charge in [0.25, 0.3) is 5.91 Å². The third-order valence-electron chi connectivity index (χ3n) is 6.57. The van der Waals surface area contributed by atoms with Gasteiger partial charge in [-0.05, 0) is 69.3 Å². The van der Waals surface area contributed by atoms with Crippen LogP contribution in [0.5, 0.6) is 5.75 Å². The standard InChI is InChI=1S/C20H25N3O4/c1-13(20-9-14-6-15(10-20)8-16(7-14)11-20)21-22-19(24)12-27-18-5-3-2-4-17(18)23(25)26/h2-5,14-16H,6-12H2,1H3,(H,22,24)/b21-13-. The molecule has 0 saturated heterocycles. The first-order chi connectivity index (χ1) is 12.9. The van der Waals surface area contributed by atoms with E-state index < -0.39 is 10.8 Å². The van der Waals surface area contributed by atoms with Crippen LogP contribution in [0.4, 0.5) is 5.69 Å². The van der Waals surface area contributed by atoms with E-state index in [1.54, 1.807) is 12.1 Å². The molecule has 0 unspecified atom stereocenters. The Morgan fingerprint density at radius 2 is 1.81 bits per heavy atom. The van der Waals surface area contributed by atoms with E-state index in [9.17, 15) is 14.9 Å². The molecular weight excluding hydrogens is 346 g/mol. The molecule has 4 aliphatic rings. The van der Waals surface area contributed by atoms with Crippen LogP contribution in [0.15, 0.2) is 29.4 Å². The van der Waals surface area contributed by atoms with E-state index >= 15 is 0 Å². The third-order valence-corrected chi connectivity index (χ3v) is 6.57. The molecule has 0 spiro atoms. The summed E-state index contributed by atoms with van der Waals surface area (Å²) in [4.78, 5) is 22.6. The van der Waals surface area contributed by atoms with Crippen molar-refractivity contribution in [1.82, 2.24) is 5.43 Å². The van der Waals surface area contributed by atoms with Gasteiger partial charge in [0.2, 0.25) is 0 Å². The number of carbonyl (C=O) groups is 1. The van der Waals surface area contributed by atoms with Gasteiger partial charge in [0, 0.05) is 17.2 Å². The van der Waals surface area contributed by atoms with Crippen molar-refractivity contribution in [1.29, 1.82) is 0 Å². The molecule has 0 heterocycles. The summed E-state index contributed by atoms with van der Waals surface area (Å²) in [5.74, 6) is 2.13. The number of nitro groups is 1. The molecule has 144 valence electrons. The van der Waals surface area contributed by atoms with Crippen LogP contribution in [0.25, 0.3) is 0 Å². The average molecular weight is 371 g/mol. The Bertz CT molecular complexity index is 754. The molecule has 0 aromatic heterocycles. The summed E-state index contributed by atoms with van der Waals surface area (Å²) in [5, 5.41) is 15.4. The fourth-order valence-corrected chi connectivity index (χ4v) is 5.72. The summed E-state index contributed by atoms with van der Waals surface area (Å²) in [6.07, 6.45) is 7.67. The van der Waals surface area contributed by atoms with Crippen molar-refractivity contribution < 1.29 is 14.5 Å². The number of hydrogen-bond acceptors (Lipinski definition) is 5. The first kappa shape index (κ1) is 17.9. The van der Waals surface area contributed by atoms with Gasteiger partial charge in [-0.2, -0.15) is 5.10 Å². The fraction of sp³-hybridized carbons (Fsp3) is 0.600. The fourth-order valence-electron chi connectivity index (χ4n) is 5.72. The number of nitrogens with zero attached hydrogens (tertiary/aromatic N) is 2. The van der Waals surface area contributed by atoms with Crippen molar-refractivity contribution in [3.8, 4) is 5.75 Å². The van der Waals surface area contributed by atoms with Crippen molar-refractivity contribution in [2.75, 3.05) is 6.61 Å². The van der Waals surface area contributed by atoms with Gasteiger partial charge in [0.1, 0.15) is 0 Å². The van der Waals surface area contributed by atoms with E-state index in [-0.39, 0.29) is 23.5 Å². The van der Waals surface area contributed by atoms with Gasteiger partial charge in [-0.15, -0.1) is 0 Å². The number of ether oxygens (including phenoxy) is 1. The second-order valence-corrected chi connectivity index (χ2v) is 8.44. The highest BCUT2D eigenvalue weighted by molar-refractivity contribution is 5.90. The number of benzene rings is 1. The van der Waals surface area contributed by atoms with Crippen molar-refractivity contribution in [2.24, 2.45) is 28.3 Å². The molecule has 4 fully saturated rings. The lowest BCUT2D eigenvalue weighted by Gasteiger charge is -2.56. The van der Waals surface area contributed by atoms with Gasteiger partial charge in [0.05, 0.1) is 4.92 Å². The highest BCUT2D eigenvalue weighted by Gasteiger charge is 2.52. The van der Waals surface area contributed by atoms with E-state index in [2.05, 4.69) is 10.5 Å². The zero-order valence-electron chi connectivity index (χ0n) is 15.5. The molecule has 5 rings (SSSR count). The third kappa shape index (κ3) is 3.55. The monoisotopic (exact) mass is 371 g/mol. The summed E-state index contributed by atoms with van der Waals surface area (Å²) in [5.41, 5.74) is 3.59. The summed E-state index contributed by atoms with van der Waals surface area (Å²) >= 11 is 0. The second-order valence-electron chi connectivity index (χ2n) is 8.44. The largest absolute Gasteiger partial charge is 0.477 e. The van der Waals surface area contributed by atoms with Crippen LogP contribution in [0.3, 0.4) is 0 Å². The zero-order valence-corrected chi connectivity index (χ0v) is 15.5. The molecule has 7 nitrogen and oxygen atoms in total. The molecule has 27 heavy (non-hydrogen) atoms. The molecular formula is C20H25N3O4. The maximum Gasteiger partial charge on any atom is 0.310 e. The Kier molecular flexibility index (Phi) is 4.61. The Labute approximate surface area is 158 Å². The Morgan fingerprint density at radius 1 is 1.22 bits per heavy atom. The van der Waals surface area contributed by atoms with E-state index in [4.69, 9.17) is 4.74 Å². The number of carbonyl (C=O) groups excluding carboxylic acids is 1. The summed E-state index contributed by atoms with van der Waals surface area (Å²) in [6, 6.07) is 6.03. The summed E-state index contributed by atoms with van der Waals surface area (Å²) in [6.45, 7) is 1.72. The number of rotatable bonds is 6. The minimum atomic E-state index is -0.525. The molecule has 1 amide bonds. The highest BCUT2D eigenvalue weighted by atomic mass is 16.6. The first-order valence-electron chi connectivity index (χ1n) is 9.65. The van der Waals surface area contributed by atoms with Crippen LogP contribution in [0.1, 0.15) is 45.4 Å². The molecule has 4 saturated carbocycles. The molecule has 0 aliphatic heterocycles. The molecule has 1 aromatic carbocycles. The van der Waals surface area contributed by atoms with Crippen molar-refractivity contribution >= 4 is 17.3 Å². The van der Waals surface area contributed by atoms with E-state index in [1.165, 1.54) is 50.7 Å². The van der Waals surface area contributed by atoms with E-state index in [0.717, 1.165) is 23.5 Å². The normalized spacial score (nSPS) is 31.6. The van der Waals surface area contributed by atoms with Gasteiger partial charge >= 0.3 is 5.69 Å². The van der Waals surface area contributed by atoms with Crippen LogP contribution in [-0.4, -0.2) is 23.1 Å². The van der Waals surface area contributed by atoms with Gasteiger partial charge in [0.15, 0.2) is 12.4 Å². The number of amides is 1. The molecule has 4 bridgehead atoms. The van der Waals surface area contributed by atoms with Crippen LogP contribution in [-0.2, 0) is 4.79 Å². The summed E-state index contributed by atoms with van der Waals surface area (Å²) in [7, 11) is 0. The Hall–Kier alpha value is -2.44. The number of nitro benzene ring substituents is 1. The van der Waals surface area contributed by atoms with Crippen LogP contribution in [0.2, 0.25) is 0 Å². The quantitative estimate of drug-likeness (QED) is 0.469. The lowest BCUT2D eigenvalue weighted by atomic mass is 9.48. The SMILES string of the molecule is C/C(=N/NC(=O)COc1ccccc1[N+](=O)[O-])C12CC3CC(CC(C3)C1)C2. The Morgan fingerprint density at radius 3 is 2.41 bits per heavy atom. The van der Waals surface area contributed by atoms with Crippen molar-refractivity contribution in [3.05, 3.63) is 34.4 Å². The van der Waals surface area contributed by atoms with Crippen molar-refractivity contribution in [3.63, 3.8) is 0 Å². The first-order valence-corrected chi connectivity index (χ1v) is 9.65. The molecule has 4 aliphatic carbocycles. The molecule has 0 atom stereocenters. The van der Waals surface area contributed by atoms with Crippen LogP contribution >= 0.6 is 0 Å². The molecule has 1 aromatic rings.